The Morgan fingerprint density at radius 1 is 1.19 bits per heavy atom. The van der Waals surface area contributed by atoms with Gasteiger partial charge in [0.25, 0.3) is 10.0 Å². The van der Waals surface area contributed by atoms with Crippen LogP contribution in [0.15, 0.2) is 46.0 Å². The average Bonchev–Trinajstić information content (AvgIpc) is 2.99. The molecule has 5 nitrogen and oxygen atoms in total. The van der Waals surface area contributed by atoms with Crippen molar-refractivity contribution in [3.05, 3.63) is 52.4 Å². The lowest BCUT2D eigenvalue weighted by molar-refractivity contribution is -0.120. The Hall–Kier alpha value is -1.41. The van der Waals surface area contributed by atoms with Gasteiger partial charge in [-0.05, 0) is 23.1 Å². The highest BCUT2D eigenvalue weighted by molar-refractivity contribution is 7.91. The zero-order chi connectivity index (χ0) is 15.3. The fraction of sp³-hybridized carbons (Fsp3) is 0.154. The van der Waals surface area contributed by atoms with Crippen LogP contribution in [0.3, 0.4) is 0 Å². The molecule has 1 aromatic carbocycles. The van der Waals surface area contributed by atoms with Crippen LogP contribution >= 0.6 is 22.9 Å². The number of sulfonamides is 1. The van der Waals surface area contributed by atoms with Gasteiger partial charge in [-0.1, -0.05) is 35.9 Å². The first-order chi connectivity index (χ1) is 9.99. The molecule has 1 amide bonds. The maximum Gasteiger partial charge on any atom is 0.250 e. The molecule has 0 bridgehead atoms. The van der Waals surface area contributed by atoms with E-state index in [0.29, 0.717) is 5.02 Å². The fourth-order valence-corrected chi connectivity index (χ4v) is 3.77. The fourth-order valence-electron chi connectivity index (χ4n) is 1.55. The molecule has 21 heavy (non-hydrogen) atoms. The van der Waals surface area contributed by atoms with Crippen molar-refractivity contribution in [2.24, 2.45) is 0 Å². The topological polar surface area (TPSA) is 75.3 Å². The van der Waals surface area contributed by atoms with Crippen LogP contribution in [0.2, 0.25) is 5.02 Å². The van der Waals surface area contributed by atoms with E-state index in [1.165, 1.54) is 6.07 Å². The lowest BCUT2D eigenvalue weighted by Gasteiger charge is -2.08. The van der Waals surface area contributed by atoms with Gasteiger partial charge >= 0.3 is 0 Å². The summed E-state index contributed by atoms with van der Waals surface area (Å²) in [7, 11) is -3.62. The number of carbonyl (C=O) groups is 1. The van der Waals surface area contributed by atoms with Crippen LogP contribution in [0.1, 0.15) is 5.56 Å². The number of hydrogen-bond acceptors (Lipinski definition) is 4. The van der Waals surface area contributed by atoms with E-state index in [9.17, 15) is 13.2 Å². The number of rotatable bonds is 6. The maximum absolute atomic E-state index is 11.8. The third kappa shape index (κ3) is 4.53. The Labute approximate surface area is 132 Å². The molecule has 2 N–H and O–H groups in total. The highest BCUT2D eigenvalue weighted by Gasteiger charge is 2.16. The average molecular weight is 345 g/mol. The monoisotopic (exact) mass is 344 g/mol. The van der Waals surface area contributed by atoms with Crippen molar-refractivity contribution in [3.8, 4) is 0 Å². The third-order valence-electron chi connectivity index (χ3n) is 2.62. The first-order valence-corrected chi connectivity index (χ1v) is 8.76. The molecule has 1 aromatic heterocycles. The SMILES string of the molecule is O=C(CNS(=O)(=O)c1cccs1)NCc1ccccc1Cl. The van der Waals surface area contributed by atoms with Gasteiger partial charge in [-0.25, -0.2) is 13.1 Å². The number of halogens is 1. The summed E-state index contributed by atoms with van der Waals surface area (Å²) in [5.74, 6) is -0.421. The summed E-state index contributed by atoms with van der Waals surface area (Å²) in [6.07, 6.45) is 0. The molecular weight excluding hydrogens is 332 g/mol. The molecule has 0 aliphatic heterocycles. The summed E-state index contributed by atoms with van der Waals surface area (Å²) < 4.78 is 26.1. The highest BCUT2D eigenvalue weighted by Crippen LogP contribution is 2.15. The third-order valence-corrected chi connectivity index (χ3v) is 5.78. The van der Waals surface area contributed by atoms with E-state index in [1.807, 2.05) is 6.07 Å². The van der Waals surface area contributed by atoms with Gasteiger partial charge in [0.2, 0.25) is 5.91 Å². The molecule has 2 rings (SSSR count). The lowest BCUT2D eigenvalue weighted by atomic mass is 10.2. The van der Waals surface area contributed by atoms with Crippen LogP contribution in [0.5, 0.6) is 0 Å². The molecule has 1 heterocycles. The molecule has 0 atom stereocenters. The predicted octanol–water partition coefficient (Wildman–Crippen LogP) is 2.00. The van der Waals surface area contributed by atoms with Crippen molar-refractivity contribution in [1.82, 2.24) is 10.0 Å². The molecule has 0 saturated heterocycles. The quantitative estimate of drug-likeness (QED) is 0.841. The van der Waals surface area contributed by atoms with E-state index in [2.05, 4.69) is 10.0 Å². The van der Waals surface area contributed by atoms with Crippen LogP contribution in [-0.4, -0.2) is 20.9 Å². The van der Waals surface area contributed by atoms with Gasteiger partial charge in [0.05, 0.1) is 6.54 Å². The van der Waals surface area contributed by atoms with Crippen LogP contribution in [0.4, 0.5) is 0 Å². The highest BCUT2D eigenvalue weighted by atomic mass is 35.5. The predicted molar refractivity (Wildman–Crippen MR) is 82.8 cm³/mol. The van der Waals surface area contributed by atoms with Crippen molar-refractivity contribution >= 4 is 38.9 Å². The summed E-state index contributed by atoms with van der Waals surface area (Å²) in [4.78, 5) is 11.7. The van der Waals surface area contributed by atoms with Gasteiger partial charge in [-0.15, -0.1) is 11.3 Å². The molecule has 8 heteroatoms. The molecule has 0 aliphatic rings. The van der Waals surface area contributed by atoms with Gasteiger partial charge < -0.3 is 5.32 Å². The van der Waals surface area contributed by atoms with Crippen LogP contribution in [-0.2, 0) is 21.4 Å². The van der Waals surface area contributed by atoms with Crippen molar-refractivity contribution in [3.63, 3.8) is 0 Å². The summed E-state index contributed by atoms with van der Waals surface area (Å²) in [5, 5.41) is 4.82. The number of hydrogen-bond donors (Lipinski definition) is 2. The zero-order valence-electron chi connectivity index (χ0n) is 10.9. The minimum absolute atomic E-state index is 0.182. The lowest BCUT2D eigenvalue weighted by Crippen LogP contribution is -2.36. The standard InChI is InChI=1S/C13H13ClN2O3S2/c14-11-5-2-1-4-10(11)8-15-12(17)9-16-21(18,19)13-6-3-7-20-13/h1-7,16H,8-9H2,(H,15,17). The molecule has 0 radical (unpaired) electrons. The van der Waals surface area contributed by atoms with E-state index in [0.717, 1.165) is 16.9 Å². The van der Waals surface area contributed by atoms with Gasteiger partial charge in [-0.3, -0.25) is 4.79 Å². The van der Waals surface area contributed by atoms with E-state index in [-0.39, 0.29) is 17.3 Å². The Bertz CT molecular complexity index is 715. The van der Waals surface area contributed by atoms with Gasteiger partial charge in [-0.2, -0.15) is 0 Å². The molecule has 2 aromatic rings. The Morgan fingerprint density at radius 2 is 1.95 bits per heavy atom. The molecule has 0 fully saturated rings. The Morgan fingerprint density at radius 3 is 2.62 bits per heavy atom. The minimum Gasteiger partial charge on any atom is -0.351 e. The second-order valence-corrected chi connectivity index (χ2v) is 7.47. The smallest absolute Gasteiger partial charge is 0.250 e. The summed E-state index contributed by atoms with van der Waals surface area (Å²) in [6, 6.07) is 10.2. The van der Waals surface area contributed by atoms with Gasteiger partial charge in [0, 0.05) is 11.6 Å². The first-order valence-electron chi connectivity index (χ1n) is 6.02. The van der Waals surface area contributed by atoms with Crippen LogP contribution in [0, 0.1) is 0 Å². The molecule has 0 spiro atoms. The molecule has 0 saturated carbocycles. The second kappa shape index (κ2) is 7.04. The summed E-state index contributed by atoms with van der Waals surface area (Å²) in [5.41, 5.74) is 0.772. The Kier molecular flexibility index (Phi) is 5.35. The second-order valence-electron chi connectivity index (χ2n) is 4.12. The van der Waals surface area contributed by atoms with E-state index >= 15 is 0 Å². The van der Waals surface area contributed by atoms with E-state index in [4.69, 9.17) is 11.6 Å². The van der Waals surface area contributed by atoms with E-state index < -0.39 is 15.9 Å². The number of nitrogens with one attached hydrogen (secondary N) is 2. The van der Waals surface area contributed by atoms with Gasteiger partial charge in [0.1, 0.15) is 4.21 Å². The number of amides is 1. The molecule has 112 valence electrons. The minimum atomic E-state index is -3.62. The largest absolute Gasteiger partial charge is 0.351 e. The van der Waals surface area contributed by atoms with E-state index in [1.54, 1.807) is 29.6 Å². The van der Waals surface area contributed by atoms with Crippen molar-refractivity contribution in [2.75, 3.05) is 6.54 Å². The Balaban J connectivity index is 1.85. The van der Waals surface area contributed by atoms with Crippen LogP contribution in [0.25, 0.3) is 0 Å². The maximum atomic E-state index is 11.8. The number of benzene rings is 1. The molecule has 0 aliphatic carbocycles. The number of thiophene rings is 1. The summed E-state index contributed by atoms with van der Waals surface area (Å²) >= 11 is 7.06. The van der Waals surface area contributed by atoms with Crippen molar-refractivity contribution in [1.29, 1.82) is 0 Å². The molecule has 0 unspecified atom stereocenters. The first kappa shape index (κ1) is 16.0. The molecular formula is C13H13ClN2O3S2. The van der Waals surface area contributed by atoms with Crippen LogP contribution < -0.4 is 10.0 Å². The number of carbonyl (C=O) groups excluding carboxylic acids is 1. The zero-order valence-corrected chi connectivity index (χ0v) is 13.3. The summed E-state index contributed by atoms with van der Waals surface area (Å²) in [6.45, 7) is -0.0656. The van der Waals surface area contributed by atoms with Crippen molar-refractivity contribution < 1.29 is 13.2 Å². The van der Waals surface area contributed by atoms with Crippen molar-refractivity contribution in [2.45, 2.75) is 10.8 Å². The van der Waals surface area contributed by atoms with Gasteiger partial charge in [0.15, 0.2) is 0 Å². The normalized spacial score (nSPS) is 11.3.